The summed E-state index contributed by atoms with van der Waals surface area (Å²) >= 11 is 0. The number of nitrogens with one attached hydrogen (secondary N) is 2. The summed E-state index contributed by atoms with van der Waals surface area (Å²) in [5.41, 5.74) is -0.103. The minimum Gasteiger partial charge on any atom is -0.388 e. The Kier molecular flexibility index (Phi) is 8.16. The highest BCUT2D eigenvalue weighted by atomic mass is 19.4. The molecule has 3 rings (SSSR count). The third kappa shape index (κ3) is 6.79. The van der Waals surface area contributed by atoms with E-state index in [1.807, 2.05) is 6.92 Å². The van der Waals surface area contributed by atoms with Gasteiger partial charge in [-0.15, -0.1) is 0 Å². The maximum absolute atomic E-state index is 12.8. The molecule has 182 valence electrons. The molecule has 0 bridgehead atoms. The molecule has 12 heteroatoms. The number of aliphatic hydroxyl groups is 2. The second-order valence-electron chi connectivity index (χ2n) is 8.57. The van der Waals surface area contributed by atoms with Crippen molar-refractivity contribution in [2.45, 2.75) is 63.8 Å². The van der Waals surface area contributed by atoms with Crippen LogP contribution < -0.4 is 10.6 Å². The maximum Gasteiger partial charge on any atom is 0.434 e. The average molecular weight is 470 g/mol. The molecule has 0 radical (unpaired) electrons. The number of halogens is 3. The van der Waals surface area contributed by atoms with E-state index in [-0.39, 0.29) is 25.0 Å². The highest BCUT2D eigenvalue weighted by molar-refractivity contribution is 5.34. The highest BCUT2D eigenvalue weighted by Gasteiger charge is 2.39. The van der Waals surface area contributed by atoms with Gasteiger partial charge in [-0.1, -0.05) is 13.8 Å². The van der Waals surface area contributed by atoms with Gasteiger partial charge >= 0.3 is 6.18 Å². The lowest BCUT2D eigenvalue weighted by molar-refractivity contribution is -0.141. The minimum absolute atomic E-state index is 0.0444. The van der Waals surface area contributed by atoms with Crippen LogP contribution in [0.25, 0.3) is 0 Å². The van der Waals surface area contributed by atoms with E-state index in [1.165, 1.54) is 0 Å². The number of alkyl halides is 3. The van der Waals surface area contributed by atoms with Crippen molar-refractivity contribution in [2.24, 2.45) is 5.92 Å². The summed E-state index contributed by atoms with van der Waals surface area (Å²) in [6.45, 7) is 6.29. The predicted octanol–water partition coefficient (Wildman–Crippen LogP) is 1.74. The van der Waals surface area contributed by atoms with Crippen LogP contribution in [0.3, 0.4) is 0 Å². The Morgan fingerprint density at radius 2 is 1.79 bits per heavy atom. The van der Waals surface area contributed by atoms with Gasteiger partial charge in [0.25, 0.3) is 0 Å². The number of rotatable bonds is 8. The molecule has 0 aromatic carbocycles. The van der Waals surface area contributed by atoms with Crippen LogP contribution in [0.4, 0.5) is 19.0 Å². The number of anilines is 1. The van der Waals surface area contributed by atoms with Crippen molar-refractivity contribution in [1.29, 1.82) is 0 Å². The van der Waals surface area contributed by atoms with Crippen molar-refractivity contribution >= 4 is 5.82 Å². The largest absolute Gasteiger partial charge is 0.434 e. The molecule has 0 saturated carbocycles. The first-order chi connectivity index (χ1) is 15.5. The fraction of sp³-hybridized carbons (Fsp3) is 0.619. The number of hydrogen-bond acceptors (Lipinski definition) is 9. The Morgan fingerprint density at radius 1 is 1.09 bits per heavy atom. The first-order valence-corrected chi connectivity index (χ1v) is 10.7. The minimum atomic E-state index is -4.64. The molecule has 1 aliphatic heterocycles. The maximum atomic E-state index is 12.8. The smallest absolute Gasteiger partial charge is 0.388 e. The zero-order valence-electron chi connectivity index (χ0n) is 18.6. The van der Waals surface area contributed by atoms with E-state index in [2.05, 4.69) is 44.4 Å². The number of ether oxygens (including phenoxy) is 1. The second-order valence-corrected chi connectivity index (χ2v) is 8.57. The molecule has 0 amide bonds. The summed E-state index contributed by atoms with van der Waals surface area (Å²) in [6, 6.07) is -1.08. The molecule has 1 fully saturated rings. The van der Waals surface area contributed by atoms with Crippen molar-refractivity contribution in [3.63, 3.8) is 0 Å². The third-order valence-electron chi connectivity index (χ3n) is 5.27. The van der Waals surface area contributed by atoms with Crippen molar-refractivity contribution in [3.8, 4) is 0 Å². The lowest BCUT2D eigenvalue weighted by atomic mass is 9.97. The molecule has 2 aromatic rings. The quantitative estimate of drug-likeness (QED) is 0.456. The summed E-state index contributed by atoms with van der Waals surface area (Å²) in [7, 11) is 0. The van der Waals surface area contributed by atoms with Gasteiger partial charge in [0.2, 0.25) is 0 Å². The number of aromatic nitrogens is 4. The van der Waals surface area contributed by atoms with Crippen LogP contribution in [0.5, 0.6) is 0 Å². The molecule has 3 heterocycles. The third-order valence-corrected chi connectivity index (χ3v) is 5.27. The van der Waals surface area contributed by atoms with E-state index >= 15 is 0 Å². The zero-order chi connectivity index (χ0) is 24.2. The first-order valence-electron chi connectivity index (χ1n) is 10.7. The Balaban J connectivity index is 1.53. The standard InChI is InChI=1S/C21H29F3N6O3/c1-11(2)4-13-5-27-20(28-6-13)12(3)26-7-15-19(32)18(31)14(10-33-15)29-17-9-25-8-16(30-17)21(22,23)24/h5-6,8-9,11-12,14-15,18-19,26,31-32H,4,7,10H2,1-3H3,(H,29,30)/t12-,14-,15+,18+,19-/m0/s1. The monoisotopic (exact) mass is 470 g/mol. The lowest BCUT2D eigenvalue weighted by Gasteiger charge is -2.38. The van der Waals surface area contributed by atoms with Gasteiger partial charge in [-0.2, -0.15) is 13.2 Å². The Morgan fingerprint density at radius 3 is 2.42 bits per heavy atom. The van der Waals surface area contributed by atoms with Gasteiger partial charge in [-0.3, -0.25) is 4.98 Å². The Labute approximate surface area is 189 Å². The topological polar surface area (TPSA) is 125 Å². The first kappa shape index (κ1) is 25.2. The summed E-state index contributed by atoms with van der Waals surface area (Å²) in [6.07, 6.45) is -1.73. The van der Waals surface area contributed by atoms with E-state index in [1.54, 1.807) is 12.4 Å². The van der Waals surface area contributed by atoms with Gasteiger partial charge < -0.3 is 25.6 Å². The molecule has 9 nitrogen and oxygen atoms in total. The number of aliphatic hydroxyl groups excluding tert-OH is 2. The van der Waals surface area contributed by atoms with Gasteiger partial charge in [0.05, 0.1) is 37.2 Å². The van der Waals surface area contributed by atoms with Crippen LogP contribution in [-0.4, -0.2) is 67.7 Å². The van der Waals surface area contributed by atoms with Crippen molar-refractivity contribution in [2.75, 3.05) is 18.5 Å². The van der Waals surface area contributed by atoms with Crippen LogP contribution in [0.15, 0.2) is 24.8 Å². The molecule has 5 atom stereocenters. The molecular weight excluding hydrogens is 441 g/mol. The van der Waals surface area contributed by atoms with Crippen LogP contribution in [0.2, 0.25) is 0 Å². The van der Waals surface area contributed by atoms with Crippen molar-refractivity contribution < 1.29 is 28.1 Å². The van der Waals surface area contributed by atoms with Crippen LogP contribution in [0.1, 0.15) is 43.9 Å². The molecule has 0 spiro atoms. The van der Waals surface area contributed by atoms with E-state index in [9.17, 15) is 23.4 Å². The predicted molar refractivity (Wildman–Crippen MR) is 113 cm³/mol. The normalized spacial score (nSPS) is 24.6. The van der Waals surface area contributed by atoms with Crippen LogP contribution in [-0.2, 0) is 17.3 Å². The molecule has 2 aromatic heterocycles. The molecule has 4 N–H and O–H groups in total. The number of nitrogens with zero attached hydrogens (tertiary/aromatic N) is 4. The van der Waals surface area contributed by atoms with Gasteiger partial charge in [0, 0.05) is 18.9 Å². The summed E-state index contributed by atoms with van der Waals surface area (Å²) in [5, 5.41) is 26.8. The average Bonchev–Trinajstić information content (AvgIpc) is 2.76. The van der Waals surface area contributed by atoms with Gasteiger partial charge in [-0.25, -0.2) is 15.0 Å². The number of hydrogen-bond donors (Lipinski definition) is 4. The van der Waals surface area contributed by atoms with Crippen LogP contribution in [0, 0.1) is 5.92 Å². The van der Waals surface area contributed by atoms with E-state index in [0.717, 1.165) is 18.2 Å². The highest BCUT2D eigenvalue weighted by Crippen LogP contribution is 2.28. The lowest BCUT2D eigenvalue weighted by Crippen LogP contribution is -2.58. The fourth-order valence-electron chi connectivity index (χ4n) is 3.50. The van der Waals surface area contributed by atoms with Crippen molar-refractivity contribution in [3.05, 3.63) is 41.9 Å². The molecule has 0 unspecified atom stereocenters. The Hall–Kier alpha value is -2.41. The SMILES string of the molecule is CC(C)Cc1cnc([C@H](C)NC[C@H]2OC[C@H](Nc3cncc(C(F)(F)F)n3)[C@@H](O)[C@H]2O)nc1. The Bertz CT molecular complexity index is 900. The summed E-state index contributed by atoms with van der Waals surface area (Å²) < 4.78 is 44.1. The summed E-state index contributed by atoms with van der Waals surface area (Å²) in [4.78, 5) is 15.7. The van der Waals surface area contributed by atoms with Gasteiger partial charge in [-0.05, 0) is 24.8 Å². The van der Waals surface area contributed by atoms with E-state index in [4.69, 9.17) is 4.74 Å². The van der Waals surface area contributed by atoms with Gasteiger partial charge in [0.1, 0.15) is 23.9 Å². The van der Waals surface area contributed by atoms with Crippen molar-refractivity contribution in [1.82, 2.24) is 25.3 Å². The summed E-state index contributed by atoms with van der Waals surface area (Å²) in [5.74, 6) is 0.925. The van der Waals surface area contributed by atoms with E-state index < -0.39 is 36.2 Å². The second kappa shape index (κ2) is 10.7. The molecule has 1 aliphatic rings. The van der Waals surface area contributed by atoms with Crippen LogP contribution >= 0.6 is 0 Å². The molecule has 33 heavy (non-hydrogen) atoms. The van der Waals surface area contributed by atoms with E-state index in [0.29, 0.717) is 17.9 Å². The molecular formula is C21H29F3N6O3. The molecule has 0 aliphatic carbocycles. The zero-order valence-corrected chi connectivity index (χ0v) is 18.6. The van der Waals surface area contributed by atoms with Gasteiger partial charge in [0.15, 0.2) is 5.69 Å². The molecule has 1 saturated heterocycles. The fourth-order valence-corrected chi connectivity index (χ4v) is 3.50.